The van der Waals surface area contributed by atoms with Crippen LogP contribution in [0.25, 0.3) is 0 Å². The summed E-state index contributed by atoms with van der Waals surface area (Å²) in [5, 5.41) is 5.01. The number of rotatable bonds is 4. The first-order chi connectivity index (χ1) is 5.79. The Kier molecular flexibility index (Phi) is 3.91. The summed E-state index contributed by atoms with van der Waals surface area (Å²) >= 11 is 4.95. The zero-order chi connectivity index (χ0) is 8.97. The van der Waals surface area contributed by atoms with Crippen LogP contribution in [0.5, 0.6) is 0 Å². The summed E-state index contributed by atoms with van der Waals surface area (Å²) in [4.78, 5) is 11.8. The van der Waals surface area contributed by atoms with Crippen molar-refractivity contribution >= 4 is 33.6 Å². The van der Waals surface area contributed by atoms with E-state index in [4.69, 9.17) is 0 Å². The van der Waals surface area contributed by atoms with E-state index in [0.717, 1.165) is 34.2 Å². The van der Waals surface area contributed by atoms with E-state index in [1.807, 2.05) is 12.4 Å². The molecule has 1 heterocycles. The molecule has 1 aromatic heterocycles. The quantitative estimate of drug-likeness (QED) is 0.826. The number of halogens is 1. The maximum atomic E-state index is 10.6. The molecule has 0 aliphatic heterocycles. The number of hydrogen-bond donors (Lipinski definition) is 1. The summed E-state index contributed by atoms with van der Waals surface area (Å²) in [5.41, 5.74) is 0.801. The van der Waals surface area contributed by atoms with E-state index in [9.17, 15) is 4.79 Å². The SMILES string of the molecule is CNCCc1scc(Br)c1C=O. The third-order valence-corrected chi connectivity index (χ3v) is 3.60. The van der Waals surface area contributed by atoms with Crippen molar-refractivity contribution in [3.63, 3.8) is 0 Å². The number of nitrogens with one attached hydrogen (secondary N) is 1. The average molecular weight is 248 g/mol. The van der Waals surface area contributed by atoms with Crippen LogP contribution in [-0.4, -0.2) is 19.9 Å². The maximum absolute atomic E-state index is 10.6. The molecule has 0 aliphatic rings. The Morgan fingerprint density at radius 3 is 3.08 bits per heavy atom. The molecule has 0 radical (unpaired) electrons. The molecule has 0 unspecified atom stereocenters. The minimum absolute atomic E-state index is 0.801. The predicted molar refractivity (Wildman–Crippen MR) is 55.0 cm³/mol. The number of hydrogen-bond acceptors (Lipinski definition) is 3. The summed E-state index contributed by atoms with van der Waals surface area (Å²) in [7, 11) is 1.91. The molecule has 12 heavy (non-hydrogen) atoms. The van der Waals surface area contributed by atoms with Gasteiger partial charge in [0, 0.05) is 20.3 Å². The molecule has 1 aromatic rings. The summed E-state index contributed by atoms with van der Waals surface area (Å²) < 4.78 is 0.911. The molecule has 4 heteroatoms. The Morgan fingerprint density at radius 2 is 2.50 bits per heavy atom. The molecule has 2 nitrogen and oxygen atoms in total. The second-order valence-electron chi connectivity index (χ2n) is 2.39. The molecule has 0 fully saturated rings. The highest BCUT2D eigenvalue weighted by atomic mass is 79.9. The van der Waals surface area contributed by atoms with E-state index in [0.29, 0.717) is 0 Å². The fraction of sp³-hybridized carbons (Fsp3) is 0.375. The van der Waals surface area contributed by atoms with E-state index < -0.39 is 0 Å². The molecule has 0 amide bonds. The lowest BCUT2D eigenvalue weighted by atomic mass is 10.2. The van der Waals surface area contributed by atoms with Gasteiger partial charge in [0.2, 0.25) is 0 Å². The van der Waals surface area contributed by atoms with Crippen LogP contribution in [0.4, 0.5) is 0 Å². The molecule has 0 atom stereocenters. The van der Waals surface area contributed by atoms with Crippen molar-refractivity contribution in [2.45, 2.75) is 6.42 Å². The molecule has 66 valence electrons. The summed E-state index contributed by atoms with van der Waals surface area (Å²) in [5.74, 6) is 0. The first-order valence-corrected chi connectivity index (χ1v) is 5.32. The van der Waals surface area contributed by atoms with Gasteiger partial charge in [-0.25, -0.2) is 0 Å². The molecular weight excluding hydrogens is 238 g/mol. The van der Waals surface area contributed by atoms with Gasteiger partial charge < -0.3 is 5.32 Å². The van der Waals surface area contributed by atoms with E-state index in [1.54, 1.807) is 11.3 Å². The van der Waals surface area contributed by atoms with Gasteiger partial charge in [-0.1, -0.05) is 0 Å². The van der Waals surface area contributed by atoms with E-state index in [2.05, 4.69) is 21.2 Å². The van der Waals surface area contributed by atoms with Crippen molar-refractivity contribution in [3.05, 3.63) is 20.3 Å². The Labute approximate surface area is 84.1 Å². The number of thiophene rings is 1. The van der Waals surface area contributed by atoms with Crippen molar-refractivity contribution in [3.8, 4) is 0 Å². The van der Waals surface area contributed by atoms with Crippen LogP contribution < -0.4 is 5.32 Å². The minimum Gasteiger partial charge on any atom is -0.319 e. The minimum atomic E-state index is 0.801. The van der Waals surface area contributed by atoms with Gasteiger partial charge in [-0.3, -0.25) is 4.79 Å². The largest absolute Gasteiger partial charge is 0.319 e. The highest BCUT2D eigenvalue weighted by Gasteiger charge is 2.07. The van der Waals surface area contributed by atoms with Gasteiger partial charge in [0.15, 0.2) is 6.29 Å². The normalized spacial score (nSPS) is 10.2. The zero-order valence-electron chi connectivity index (χ0n) is 6.76. The zero-order valence-corrected chi connectivity index (χ0v) is 9.17. The van der Waals surface area contributed by atoms with Gasteiger partial charge in [-0.15, -0.1) is 11.3 Å². The second-order valence-corrected chi connectivity index (χ2v) is 4.21. The molecule has 1 N–H and O–H groups in total. The Bertz CT molecular complexity index is 272. The molecule has 0 saturated heterocycles. The number of carbonyl (C=O) groups is 1. The second kappa shape index (κ2) is 4.74. The summed E-state index contributed by atoms with van der Waals surface area (Å²) in [6.07, 6.45) is 1.83. The number of aldehydes is 1. The fourth-order valence-electron chi connectivity index (χ4n) is 0.937. The lowest BCUT2D eigenvalue weighted by Gasteiger charge is -1.97. The Hall–Kier alpha value is -0.190. The van der Waals surface area contributed by atoms with Gasteiger partial charge in [0.25, 0.3) is 0 Å². The van der Waals surface area contributed by atoms with Crippen molar-refractivity contribution in [2.24, 2.45) is 0 Å². The van der Waals surface area contributed by atoms with Crippen LogP contribution in [0, 0.1) is 0 Å². The van der Waals surface area contributed by atoms with Crippen LogP contribution in [0.15, 0.2) is 9.85 Å². The molecule has 0 aliphatic carbocycles. The van der Waals surface area contributed by atoms with Gasteiger partial charge in [-0.2, -0.15) is 0 Å². The molecule has 0 bridgehead atoms. The Morgan fingerprint density at radius 1 is 1.75 bits per heavy atom. The van der Waals surface area contributed by atoms with Crippen molar-refractivity contribution in [1.29, 1.82) is 0 Å². The third-order valence-electron chi connectivity index (χ3n) is 1.58. The maximum Gasteiger partial charge on any atom is 0.152 e. The highest BCUT2D eigenvalue weighted by Crippen LogP contribution is 2.25. The van der Waals surface area contributed by atoms with Gasteiger partial charge in [0.1, 0.15) is 0 Å². The van der Waals surface area contributed by atoms with Crippen molar-refractivity contribution in [2.75, 3.05) is 13.6 Å². The van der Waals surface area contributed by atoms with Crippen LogP contribution in [-0.2, 0) is 6.42 Å². The van der Waals surface area contributed by atoms with Crippen LogP contribution in [0.2, 0.25) is 0 Å². The Balaban J connectivity index is 2.77. The topological polar surface area (TPSA) is 29.1 Å². The number of likely N-dealkylation sites (N-methyl/N-ethyl adjacent to an activating group) is 1. The molecule has 1 rings (SSSR count). The smallest absolute Gasteiger partial charge is 0.152 e. The molecule has 0 spiro atoms. The lowest BCUT2D eigenvalue weighted by Crippen LogP contribution is -2.10. The monoisotopic (exact) mass is 247 g/mol. The van der Waals surface area contributed by atoms with Gasteiger partial charge in [-0.05, 0) is 35.9 Å². The van der Waals surface area contributed by atoms with E-state index >= 15 is 0 Å². The summed E-state index contributed by atoms with van der Waals surface area (Å²) in [6, 6.07) is 0. The van der Waals surface area contributed by atoms with Crippen LogP contribution in [0.1, 0.15) is 15.2 Å². The van der Waals surface area contributed by atoms with Crippen molar-refractivity contribution in [1.82, 2.24) is 5.32 Å². The third kappa shape index (κ3) is 2.15. The summed E-state index contributed by atoms with van der Waals surface area (Å²) in [6.45, 7) is 0.911. The fourth-order valence-corrected chi connectivity index (χ4v) is 2.56. The number of carbonyl (C=O) groups excluding carboxylic acids is 1. The molecule has 0 aromatic carbocycles. The first kappa shape index (κ1) is 9.89. The van der Waals surface area contributed by atoms with Crippen molar-refractivity contribution < 1.29 is 4.79 Å². The van der Waals surface area contributed by atoms with Crippen LogP contribution in [0.3, 0.4) is 0 Å². The standard InChI is InChI=1S/C8H10BrNOS/c1-10-3-2-8-6(4-11)7(9)5-12-8/h4-5,10H,2-3H2,1H3. The first-order valence-electron chi connectivity index (χ1n) is 3.65. The van der Waals surface area contributed by atoms with E-state index in [1.165, 1.54) is 0 Å². The van der Waals surface area contributed by atoms with Crippen LogP contribution >= 0.6 is 27.3 Å². The van der Waals surface area contributed by atoms with Gasteiger partial charge >= 0.3 is 0 Å². The average Bonchev–Trinajstić information content (AvgIpc) is 2.43. The predicted octanol–water partition coefficient (Wildman–Crippen LogP) is 2.08. The molecular formula is C8H10BrNOS. The van der Waals surface area contributed by atoms with Gasteiger partial charge in [0.05, 0.1) is 0 Å². The molecule has 0 saturated carbocycles. The lowest BCUT2D eigenvalue weighted by molar-refractivity contribution is 0.112. The van der Waals surface area contributed by atoms with E-state index in [-0.39, 0.29) is 0 Å². The highest BCUT2D eigenvalue weighted by molar-refractivity contribution is 9.10.